The highest BCUT2D eigenvalue weighted by atomic mass is 32.2. The van der Waals surface area contributed by atoms with Crippen LogP contribution in [-0.4, -0.2) is 30.2 Å². The summed E-state index contributed by atoms with van der Waals surface area (Å²) in [7, 11) is 0. The minimum Gasteiger partial charge on any atom is -0.309 e. The zero-order valence-corrected chi connectivity index (χ0v) is 15.2. The van der Waals surface area contributed by atoms with E-state index < -0.39 is 0 Å². The summed E-state index contributed by atoms with van der Waals surface area (Å²) in [5, 5.41) is 14.4. The number of nitrogens with zero attached hydrogens (tertiary/aromatic N) is 5. The number of H-pyrrole nitrogens is 1. The van der Waals surface area contributed by atoms with Gasteiger partial charge in [-0.2, -0.15) is 4.68 Å². The van der Waals surface area contributed by atoms with Gasteiger partial charge >= 0.3 is 0 Å². The van der Waals surface area contributed by atoms with E-state index in [1.54, 1.807) is 4.68 Å². The van der Waals surface area contributed by atoms with Crippen molar-refractivity contribution in [3.63, 3.8) is 0 Å². The number of aromatic nitrogens is 6. The molecule has 0 aliphatic heterocycles. The molecule has 4 rings (SSSR count). The number of benzene rings is 1. The highest BCUT2D eigenvalue weighted by molar-refractivity contribution is 7.98. The van der Waals surface area contributed by atoms with E-state index in [2.05, 4.69) is 39.3 Å². The van der Waals surface area contributed by atoms with Gasteiger partial charge in [0.05, 0.1) is 17.0 Å². The molecule has 0 aliphatic rings. The number of aryl methyl sites for hydroxylation is 2. The Hall–Kier alpha value is -2.52. The summed E-state index contributed by atoms with van der Waals surface area (Å²) in [4.78, 5) is 19.3. The largest absolute Gasteiger partial charge is 0.309 e. The number of nitrogens with one attached hydrogen (secondary N) is 1. The molecule has 1 N–H and O–H groups in total. The molecule has 0 atom stereocenters. The van der Waals surface area contributed by atoms with Crippen molar-refractivity contribution in [3.05, 3.63) is 57.0 Å². The van der Waals surface area contributed by atoms with Crippen molar-refractivity contribution in [1.29, 1.82) is 0 Å². The van der Waals surface area contributed by atoms with E-state index in [1.807, 2.05) is 29.6 Å². The van der Waals surface area contributed by atoms with Crippen molar-refractivity contribution in [2.24, 2.45) is 0 Å². The maximum atomic E-state index is 12.0. The number of hydrogen-bond donors (Lipinski definition) is 1. The molecule has 126 valence electrons. The van der Waals surface area contributed by atoms with Crippen LogP contribution in [0.4, 0.5) is 0 Å². The number of aromatic amines is 1. The molecule has 1 aromatic carbocycles. The minimum absolute atomic E-state index is 0.107. The van der Waals surface area contributed by atoms with Gasteiger partial charge in [-0.15, -0.1) is 16.4 Å². The van der Waals surface area contributed by atoms with Gasteiger partial charge in [-0.25, -0.2) is 4.98 Å². The summed E-state index contributed by atoms with van der Waals surface area (Å²) in [6, 6.07) is 7.93. The van der Waals surface area contributed by atoms with Crippen LogP contribution in [0.5, 0.6) is 0 Å². The van der Waals surface area contributed by atoms with Crippen LogP contribution < -0.4 is 5.56 Å². The molecule has 9 heteroatoms. The molecular weight excluding hydrogens is 356 g/mol. The summed E-state index contributed by atoms with van der Waals surface area (Å²) in [5.74, 6) is 1.09. The fourth-order valence-electron chi connectivity index (χ4n) is 2.41. The molecule has 4 aromatic rings. The zero-order chi connectivity index (χ0) is 17.4. The van der Waals surface area contributed by atoms with Crippen LogP contribution in [0.2, 0.25) is 0 Å². The summed E-state index contributed by atoms with van der Waals surface area (Å²) < 4.78 is 2.34. The van der Waals surface area contributed by atoms with Gasteiger partial charge in [0, 0.05) is 0 Å². The van der Waals surface area contributed by atoms with E-state index >= 15 is 0 Å². The Morgan fingerprint density at radius 1 is 1.24 bits per heavy atom. The van der Waals surface area contributed by atoms with Gasteiger partial charge in [0.1, 0.15) is 10.5 Å². The van der Waals surface area contributed by atoms with E-state index in [4.69, 9.17) is 0 Å². The summed E-state index contributed by atoms with van der Waals surface area (Å²) in [6.45, 7) is 4.12. The van der Waals surface area contributed by atoms with Crippen LogP contribution in [0.1, 0.15) is 17.0 Å². The molecule has 0 unspecified atom stereocenters. The van der Waals surface area contributed by atoms with Crippen molar-refractivity contribution >= 4 is 33.3 Å². The van der Waals surface area contributed by atoms with E-state index in [0.29, 0.717) is 21.4 Å². The van der Waals surface area contributed by atoms with Gasteiger partial charge < -0.3 is 4.98 Å². The topological polar surface area (TPSA) is 89.3 Å². The van der Waals surface area contributed by atoms with Gasteiger partial charge in [0.2, 0.25) is 5.16 Å². The monoisotopic (exact) mass is 370 g/mol. The van der Waals surface area contributed by atoms with Crippen LogP contribution >= 0.6 is 23.1 Å². The Labute approximate surface area is 151 Å². The molecule has 25 heavy (non-hydrogen) atoms. The SMILES string of the molecule is Cc1ccc(-n2nnnc2SCc2nc3ccsc3c(=O)[nH]2)cc1C. The van der Waals surface area contributed by atoms with Crippen LogP contribution in [0.15, 0.2) is 39.6 Å². The molecule has 3 aromatic heterocycles. The molecule has 0 bridgehead atoms. The van der Waals surface area contributed by atoms with E-state index in [-0.39, 0.29) is 5.56 Å². The average Bonchev–Trinajstić information content (AvgIpc) is 3.24. The second-order valence-electron chi connectivity index (χ2n) is 5.58. The summed E-state index contributed by atoms with van der Waals surface area (Å²) >= 11 is 2.82. The normalized spacial score (nSPS) is 11.3. The zero-order valence-electron chi connectivity index (χ0n) is 13.6. The van der Waals surface area contributed by atoms with E-state index in [1.165, 1.54) is 34.2 Å². The number of thiophene rings is 1. The molecule has 0 spiro atoms. The van der Waals surface area contributed by atoms with E-state index in [0.717, 1.165) is 11.2 Å². The predicted molar refractivity (Wildman–Crippen MR) is 98.4 cm³/mol. The number of tetrazole rings is 1. The molecule has 0 fully saturated rings. The molecule has 0 amide bonds. The molecule has 0 aliphatic carbocycles. The Kier molecular flexibility index (Phi) is 4.10. The van der Waals surface area contributed by atoms with Crippen LogP contribution in [0, 0.1) is 13.8 Å². The van der Waals surface area contributed by atoms with Gasteiger partial charge in [-0.1, -0.05) is 17.8 Å². The molecule has 0 saturated carbocycles. The standard InChI is InChI=1S/C16H14N6OS2/c1-9-3-4-11(7-10(9)2)22-16(19-20-21-22)25-8-13-17-12-5-6-24-14(12)15(23)18-13/h3-7H,8H2,1-2H3,(H,17,18,23). The first kappa shape index (κ1) is 16.0. The number of fused-ring (bicyclic) bond motifs is 1. The quantitative estimate of drug-likeness (QED) is 0.556. The second kappa shape index (κ2) is 6.41. The van der Waals surface area contributed by atoms with Crippen molar-refractivity contribution in [2.75, 3.05) is 0 Å². The van der Waals surface area contributed by atoms with E-state index in [9.17, 15) is 4.79 Å². The first-order chi connectivity index (χ1) is 12.1. The average molecular weight is 370 g/mol. The van der Waals surface area contributed by atoms with Crippen LogP contribution in [0.3, 0.4) is 0 Å². The van der Waals surface area contributed by atoms with Crippen molar-refractivity contribution in [3.8, 4) is 5.69 Å². The maximum absolute atomic E-state index is 12.0. The van der Waals surface area contributed by atoms with Crippen LogP contribution in [0.25, 0.3) is 15.9 Å². The highest BCUT2D eigenvalue weighted by Crippen LogP contribution is 2.23. The Morgan fingerprint density at radius 3 is 2.96 bits per heavy atom. The third-order valence-electron chi connectivity index (χ3n) is 3.88. The highest BCUT2D eigenvalue weighted by Gasteiger charge is 2.12. The maximum Gasteiger partial charge on any atom is 0.268 e. The third kappa shape index (κ3) is 3.08. The lowest BCUT2D eigenvalue weighted by atomic mass is 10.1. The fourth-order valence-corrected chi connectivity index (χ4v) is 3.90. The van der Waals surface area contributed by atoms with Crippen molar-refractivity contribution < 1.29 is 0 Å². The lowest BCUT2D eigenvalue weighted by Gasteiger charge is -2.07. The first-order valence-corrected chi connectivity index (χ1v) is 9.43. The fraction of sp³-hybridized carbons (Fsp3) is 0.188. The Bertz CT molecular complexity index is 1110. The minimum atomic E-state index is -0.107. The Morgan fingerprint density at radius 2 is 2.12 bits per heavy atom. The Balaban J connectivity index is 1.60. The smallest absolute Gasteiger partial charge is 0.268 e. The summed E-state index contributed by atoms with van der Waals surface area (Å²) in [5.41, 5.74) is 3.92. The van der Waals surface area contributed by atoms with Gasteiger partial charge in [-0.05, 0) is 59.0 Å². The van der Waals surface area contributed by atoms with Gasteiger partial charge in [-0.3, -0.25) is 4.79 Å². The number of hydrogen-bond acceptors (Lipinski definition) is 7. The lowest BCUT2D eigenvalue weighted by Crippen LogP contribution is -2.09. The van der Waals surface area contributed by atoms with Gasteiger partial charge in [0.25, 0.3) is 5.56 Å². The second-order valence-corrected chi connectivity index (χ2v) is 7.44. The predicted octanol–water partition coefficient (Wildman–Crippen LogP) is 2.87. The molecule has 0 radical (unpaired) electrons. The molecular formula is C16H14N6OS2. The number of rotatable bonds is 4. The summed E-state index contributed by atoms with van der Waals surface area (Å²) in [6.07, 6.45) is 0. The third-order valence-corrected chi connectivity index (χ3v) is 5.71. The number of thioether (sulfide) groups is 1. The lowest BCUT2D eigenvalue weighted by molar-refractivity contribution is 0.755. The molecule has 7 nitrogen and oxygen atoms in total. The molecule has 0 saturated heterocycles. The van der Waals surface area contributed by atoms with Gasteiger partial charge in [0.15, 0.2) is 0 Å². The van der Waals surface area contributed by atoms with Crippen molar-refractivity contribution in [1.82, 2.24) is 30.2 Å². The van der Waals surface area contributed by atoms with Crippen molar-refractivity contribution in [2.45, 2.75) is 24.8 Å². The first-order valence-electron chi connectivity index (χ1n) is 7.57. The van der Waals surface area contributed by atoms with Crippen LogP contribution in [-0.2, 0) is 5.75 Å². The molecule has 3 heterocycles.